The molecule has 0 aliphatic rings. The molecule has 106 valence electrons. The molecule has 19 heavy (non-hydrogen) atoms. The van der Waals surface area contributed by atoms with Crippen molar-refractivity contribution in [3.8, 4) is 11.5 Å². The molecule has 5 nitrogen and oxygen atoms in total. The molecule has 5 heteroatoms. The highest BCUT2D eigenvalue weighted by Crippen LogP contribution is 2.29. The van der Waals surface area contributed by atoms with Crippen LogP contribution in [-0.2, 0) is 4.79 Å². The minimum Gasteiger partial charge on any atom is -0.497 e. The molecule has 1 amide bonds. The molecular weight excluding hydrogens is 244 g/mol. The summed E-state index contributed by atoms with van der Waals surface area (Å²) >= 11 is 0. The number of ether oxygens (including phenoxy) is 2. The third-order valence-corrected chi connectivity index (χ3v) is 2.89. The molecular formula is C14H22N2O3. The maximum absolute atomic E-state index is 11.7. The van der Waals surface area contributed by atoms with E-state index in [2.05, 4.69) is 10.6 Å². The fourth-order valence-electron chi connectivity index (χ4n) is 1.81. The maximum atomic E-state index is 11.7. The Morgan fingerprint density at radius 2 is 2.05 bits per heavy atom. The Hall–Kier alpha value is -1.75. The second kappa shape index (κ2) is 7.63. The standard InChI is InChI=1S/C14H22N2O3/c1-10(16-14(17)7-8-15-2)12-6-5-11(18-3)9-13(12)19-4/h5-6,9-10,15H,7-8H2,1-4H3,(H,16,17). The van der Waals surface area contributed by atoms with Crippen molar-refractivity contribution in [1.82, 2.24) is 10.6 Å². The fourth-order valence-corrected chi connectivity index (χ4v) is 1.81. The number of amides is 1. The lowest BCUT2D eigenvalue weighted by molar-refractivity contribution is -0.121. The largest absolute Gasteiger partial charge is 0.497 e. The summed E-state index contributed by atoms with van der Waals surface area (Å²) in [7, 11) is 5.04. The Morgan fingerprint density at radius 3 is 2.63 bits per heavy atom. The molecule has 1 aromatic rings. The van der Waals surface area contributed by atoms with Crippen LogP contribution in [0, 0.1) is 0 Å². The summed E-state index contributed by atoms with van der Waals surface area (Å²) in [5, 5.41) is 5.89. The molecule has 0 aliphatic carbocycles. The lowest BCUT2D eigenvalue weighted by atomic mass is 10.1. The Labute approximate surface area is 114 Å². The van der Waals surface area contributed by atoms with Gasteiger partial charge in [0, 0.05) is 24.6 Å². The molecule has 0 radical (unpaired) electrons. The Morgan fingerprint density at radius 1 is 1.32 bits per heavy atom. The first kappa shape index (κ1) is 15.3. The van der Waals surface area contributed by atoms with Gasteiger partial charge in [-0.1, -0.05) is 0 Å². The topological polar surface area (TPSA) is 59.6 Å². The molecule has 1 atom stereocenters. The minimum absolute atomic E-state index is 0.0136. The van der Waals surface area contributed by atoms with Crippen LogP contribution in [0.15, 0.2) is 18.2 Å². The Bertz CT molecular complexity index is 421. The predicted octanol–water partition coefficient (Wildman–Crippen LogP) is 1.49. The summed E-state index contributed by atoms with van der Waals surface area (Å²) in [6, 6.07) is 5.46. The van der Waals surface area contributed by atoms with Gasteiger partial charge in [0.15, 0.2) is 0 Å². The highest BCUT2D eigenvalue weighted by atomic mass is 16.5. The molecule has 0 fully saturated rings. The maximum Gasteiger partial charge on any atom is 0.221 e. The summed E-state index contributed by atoms with van der Waals surface area (Å²) in [6.07, 6.45) is 0.458. The molecule has 0 spiro atoms. The van der Waals surface area contributed by atoms with Gasteiger partial charge < -0.3 is 20.1 Å². The zero-order valence-electron chi connectivity index (χ0n) is 11.9. The van der Waals surface area contributed by atoms with Crippen molar-refractivity contribution in [2.75, 3.05) is 27.8 Å². The number of methoxy groups -OCH3 is 2. The van der Waals surface area contributed by atoms with Gasteiger partial charge in [0.25, 0.3) is 0 Å². The second-order valence-corrected chi connectivity index (χ2v) is 4.25. The van der Waals surface area contributed by atoms with E-state index in [0.717, 1.165) is 11.3 Å². The highest BCUT2D eigenvalue weighted by molar-refractivity contribution is 5.76. The average Bonchev–Trinajstić information content (AvgIpc) is 2.44. The zero-order valence-corrected chi connectivity index (χ0v) is 11.9. The van der Waals surface area contributed by atoms with Crippen LogP contribution in [-0.4, -0.2) is 33.7 Å². The molecule has 1 rings (SSSR count). The minimum atomic E-state index is -0.106. The van der Waals surface area contributed by atoms with Crippen LogP contribution in [0.2, 0.25) is 0 Å². The molecule has 1 unspecified atom stereocenters. The molecule has 0 aliphatic heterocycles. The molecule has 0 saturated heterocycles. The quantitative estimate of drug-likeness (QED) is 0.785. The van der Waals surface area contributed by atoms with Crippen LogP contribution in [0.1, 0.15) is 24.9 Å². The van der Waals surface area contributed by atoms with Crippen LogP contribution in [0.4, 0.5) is 0 Å². The van der Waals surface area contributed by atoms with Crippen LogP contribution in [0.3, 0.4) is 0 Å². The smallest absolute Gasteiger partial charge is 0.221 e. The molecule has 0 bridgehead atoms. The summed E-state index contributed by atoms with van der Waals surface area (Å²) in [4.78, 5) is 11.7. The first-order chi connectivity index (χ1) is 9.12. The van der Waals surface area contributed by atoms with Gasteiger partial charge in [-0.25, -0.2) is 0 Å². The van der Waals surface area contributed by atoms with Crippen LogP contribution in [0.5, 0.6) is 11.5 Å². The van der Waals surface area contributed by atoms with E-state index < -0.39 is 0 Å². The number of carbonyl (C=O) groups excluding carboxylic acids is 1. The number of rotatable bonds is 7. The first-order valence-corrected chi connectivity index (χ1v) is 6.28. The summed E-state index contributed by atoms with van der Waals surface area (Å²) in [6.45, 7) is 2.60. The lowest BCUT2D eigenvalue weighted by Crippen LogP contribution is -2.29. The fraction of sp³-hybridized carbons (Fsp3) is 0.500. The number of hydrogen-bond acceptors (Lipinski definition) is 4. The van der Waals surface area contributed by atoms with E-state index in [4.69, 9.17) is 9.47 Å². The molecule has 1 aromatic carbocycles. The molecule has 2 N–H and O–H groups in total. The van der Waals surface area contributed by atoms with Gasteiger partial charge in [0.05, 0.1) is 20.3 Å². The first-order valence-electron chi connectivity index (χ1n) is 6.28. The van der Waals surface area contributed by atoms with Gasteiger partial charge >= 0.3 is 0 Å². The van der Waals surface area contributed by atoms with Crippen molar-refractivity contribution in [2.24, 2.45) is 0 Å². The molecule has 0 saturated carbocycles. The Kier molecular flexibility index (Phi) is 6.15. The summed E-state index contributed by atoms with van der Waals surface area (Å²) in [5.41, 5.74) is 0.932. The van der Waals surface area contributed by atoms with E-state index in [1.807, 2.05) is 32.2 Å². The SMILES string of the molecule is CNCCC(=O)NC(C)c1ccc(OC)cc1OC. The number of hydrogen-bond donors (Lipinski definition) is 2. The van der Waals surface area contributed by atoms with Gasteiger partial charge in [-0.15, -0.1) is 0 Å². The van der Waals surface area contributed by atoms with Crippen molar-refractivity contribution >= 4 is 5.91 Å². The lowest BCUT2D eigenvalue weighted by Gasteiger charge is -2.18. The van der Waals surface area contributed by atoms with Crippen LogP contribution in [0.25, 0.3) is 0 Å². The molecule has 0 heterocycles. The van der Waals surface area contributed by atoms with Crippen molar-refractivity contribution < 1.29 is 14.3 Å². The van der Waals surface area contributed by atoms with Crippen LogP contribution >= 0.6 is 0 Å². The zero-order chi connectivity index (χ0) is 14.3. The monoisotopic (exact) mass is 266 g/mol. The van der Waals surface area contributed by atoms with Gasteiger partial charge in [-0.2, -0.15) is 0 Å². The van der Waals surface area contributed by atoms with E-state index in [-0.39, 0.29) is 11.9 Å². The van der Waals surface area contributed by atoms with Gasteiger partial charge in [0.2, 0.25) is 5.91 Å². The number of benzene rings is 1. The van der Waals surface area contributed by atoms with Gasteiger partial charge in [0.1, 0.15) is 11.5 Å². The molecule has 0 aromatic heterocycles. The highest BCUT2D eigenvalue weighted by Gasteiger charge is 2.14. The number of nitrogens with one attached hydrogen (secondary N) is 2. The average molecular weight is 266 g/mol. The van der Waals surface area contributed by atoms with E-state index in [1.165, 1.54) is 0 Å². The van der Waals surface area contributed by atoms with E-state index in [1.54, 1.807) is 14.2 Å². The van der Waals surface area contributed by atoms with Crippen molar-refractivity contribution in [3.05, 3.63) is 23.8 Å². The summed E-state index contributed by atoms with van der Waals surface area (Å²) < 4.78 is 10.5. The van der Waals surface area contributed by atoms with Gasteiger partial charge in [-0.3, -0.25) is 4.79 Å². The van der Waals surface area contributed by atoms with Crippen LogP contribution < -0.4 is 20.1 Å². The van der Waals surface area contributed by atoms with E-state index in [0.29, 0.717) is 18.7 Å². The Balaban J connectivity index is 2.75. The second-order valence-electron chi connectivity index (χ2n) is 4.25. The van der Waals surface area contributed by atoms with Gasteiger partial charge in [-0.05, 0) is 26.1 Å². The van der Waals surface area contributed by atoms with Crippen molar-refractivity contribution in [3.63, 3.8) is 0 Å². The van der Waals surface area contributed by atoms with Crippen molar-refractivity contribution in [2.45, 2.75) is 19.4 Å². The van der Waals surface area contributed by atoms with E-state index >= 15 is 0 Å². The predicted molar refractivity (Wildman–Crippen MR) is 74.6 cm³/mol. The summed E-state index contributed by atoms with van der Waals surface area (Å²) in [5.74, 6) is 1.45. The third-order valence-electron chi connectivity index (χ3n) is 2.89. The van der Waals surface area contributed by atoms with E-state index in [9.17, 15) is 4.79 Å². The van der Waals surface area contributed by atoms with Crippen molar-refractivity contribution in [1.29, 1.82) is 0 Å². The normalized spacial score (nSPS) is 11.8. The third kappa shape index (κ3) is 4.44. The number of carbonyl (C=O) groups is 1.